The van der Waals surface area contributed by atoms with E-state index in [9.17, 15) is 26.7 Å². The zero-order valence-electron chi connectivity index (χ0n) is 11.0. The van der Waals surface area contributed by atoms with Crippen LogP contribution in [0.5, 0.6) is 5.75 Å². The average Bonchev–Trinajstić information content (AvgIpc) is 2.35. The molecule has 8 heteroatoms. The van der Waals surface area contributed by atoms with Crippen molar-refractivity contribution in [2.75, 3.05) is 6.61 Å². The summed E-state index contributed by atoms with van der Waals surface area (Å²) in [6.07, 6.45) is -5.25. The lowest BCUT2D eigenvalue weighted by Gasteiger charge is -2.17. The molecule has 118 valence electrons. The van der Waals surface area contributed by atoms with Crippen molar-refractivity contribution in [1.29, 1.82) is 0 Å². The summed E-state index contributed by atoms with van der Waals surface area (Å²) in [6.45, 7) is -1.69. The number of hydrogen-bond acceptors (Lipinski definition) is 3. The van der Waals surface area contributed by atoms with Crippen LogP contribution in [0, 0.1) is 0 Å². The average molecular weight is 312 g/mol. The SMILES string of the molecule is CCOC(=O)CCc1cccc(C(F)(F)F)c1OC(F)F. The monoisotopic (exact) mass is 312 g/mol. The molecule has 1 aromatic carbocycles. The second-order valence-electron chi connectivity index (χ2n) is 3.98. The molecule has 0 aliphatic carbocycles. The zero-order chi connectivity index (χ0) is 16.0. The summed E-state index contributed by atoms with van der Waals surface area (Å²) in [5, 5.41) is 0. The minimum Gasteiger partial charge on any atom is -0.466 e. The lowest BCUT2D eigenvalue weighted by Crippen LogP contribution is -2.14. The molecule has 0 saturated heterocycles. The van der Waals surface area contributed by atoms with Gasteiger partial charge in [-0.1, -0.05) is 12.1 Å². The van der Waals surface area contributed by atoms with E-state index >= 15 is 0 Å². The lowest BCUT2D eigenvalue weighted by molar-refractivity contribution is -0.143. The number of rotatable bonds is 6. The van der Waals surface area contributed by atoms with Crippen LogP contribution >= 0.6 is 0 Å². The van der Waals surface area contributed by atoms with Gasteiger partial charge in [0.05, 0.1) is 12.2 Å². The maximum Gasteiger partial charge on any atom is 0.419 e. The molecular weight excluding hydrogens is 299 g/mol. The van der Waals surface area contributed by atoms with E-state index in [-0.39, 0.29) is 25.0 Å². The van der Waals surface area contributed by atoms with Gasteiger partial charge in [0, 0.05) is 6.42 Å². The van der Waals surface area contributed by atoms with Crippen LogP contribution in [0.4, 0.5) is 22.0 Å². The first-order valence-electron chi connectivity index (χ1n) is 6.05. The van der Waals surface area contributed by atoms with Gasteiger partial charge in [-0.25, -0.2) is 0 Å². The summed E-state index contributed by atoms with van der Waals surface area (Å²) >= 11 is 0. The van der Waals surface area contributed by atoms with E-state index in [0.29, 0.717) is 6.07 Å². The van der Waals surface area contributed by atoms with Crippen LogP contribution in [0.25, 0.3) is 0 Å². The van der Waals surface area contributed by atoms with Crippen LogP contribution in [0.3, 0.4) is 0 Å². The highest BCUT2D eigenvalue weighted by Gasteiger charge is 2.36. The highest BCUT2D eigenvalue weighted by atomic mass is 19.4. The molecule has 0 heterocycles. The molecule has 0 fully saturated rings. The first kappa shape index (κ1) is 17.2. The van der Waals surface area contributed by atoms with Gasteiger partial charge in [-0.2, -0.15) is 22.0 Å². The molecule has 0 spiro atoms. The third kappa shape index (κ3) is 5.20. The third-order valence-corrected chi connectivity index (χ3v) is 2.51. The molecule has 0 amide bonds. The second-order valence-corrected chi connectivity index (χ2v) is 3.98. The van der Waals surface area contributed by atoms with Crippen molar-refractivity contribution in [3.05, 3.63) is 29.3 Å². The molecule has 0 unspecified atom stereocenters. The first-order chi connectivity index (χ1) is 9.75. The van der Waals surface area contributed by atoms with Gasteiger partial charge in [-0.3, -0.25) is 4.79 Å². The summed E-state index contributed by atoms with van der Waals surface area (Å²) < 4.78 is 71.6. The Morgan fingerprint density at radius 3 is 2.48 bits per heavy atom. The van der Waals surface area contributed by atoms with E-state index in [0.717, 1.165) is 6.07 Å². The molecule has 1 aromatic rings. The fraction of sp³-hybridized carbons (Fsp3) is 0.462. The summed E-state index contributed by atoms with van der Waals surface area (Å²) in [4.78, 5) is 11.2. The van der Waals surface area contributed by atoms with Crippen molar-refractivity contribution in [3.63, 3.8) is 0 Å². The second kappa shape index (κ2) is 7.24. The van der Waals surface area contributed by atoms with Crippen LogP contribution in [-0.4, -0.2) is 19.2 Å². The number of halogens is 5. The Labute approximate surface area is 117 Å². The first-order valence-corrected chi connectivity index (χ1v) is 6.05. The Balaban J connectivity index is 3.04. The highest BCUT2D eigenvalue weighted by molar-refractivity contribution is 5.69. The van der Waals surface area contributed by atoms with Gasteiger partial charge in [-0.05, 0) is 25.0 Å². The van der Waals surface area contributed by atoms with Gasteiger partial charge < -0.3 is 9.47 Å². The van der Waals surface area contributed by atoms with Crippen molar-refractivity contribution in [3.8, 4) is 5.75 Å². The van der Waals surface area contributed by atoms with Crippen molar-refractivity contribution in [2.24, 2.45) is 0 Å². The quantitative estimate of drug-likeness (QED) is 0.592. The third-order valence-electron chi connectivity index (χ3n) is 2.51. The molecule has 0 saturated carbocycles. The fourth-order valence-corrected chi connectivity index (χ4v) is 1.70. The molecule has 0 aromatic heterocycles. The van der Waals surface area contributed by atoms with Crippen molar-refractivity contribution in [1.82, 2.24) is 0 Å². The van der Waals surface area contributed by atoms with E-state index in [1.807, 2.05) is 0 Å². The largest absolute Gasteiger partial charge is 0.466 e. The predicted octanol–water partition coefficient (Wildman–Crippen LogP) is 3.80. The Hall–Kier alpha value is -1.86. The minimum atomic E-state index is -4.83. The zero-order valence-corrected chi connectivity index (χ0v) is 11.0. The van der Waals surface area contributed by atoms with Crippen LogP contribution in [-0.2, 0) is 22.1 Å². The molecule has 0 aliphatic heterocycles. The summed E-state index contributed by atoms with van der Waals surface area (Å²) in [6, 6.07) is 2.92. The lowest BCUT2D eigenvalue weighted by atomic mass is 10.0. The number of aryl methyl sites for hydroxylation is 1. The van der Waals surface area contributed by atoms with Gasteiger partial charge in [0.25, 0.3) is 0 Å². The molecule has 0 aliphatic rings. The number of para-hydroxylation sites is 1. The number of ether oxygens (including phenoxy) is 2. The molecule has 0 bridgehead atoms. The summed E-state index contributed by atoms with van der Waals surface area (Å²) in [5.74, 6) is -1.58. The number of hydrogen-bond donors (Lipinski definition) is 0. The molecule has 0 atom stereocenters. The Morgan fingerprint density at radius 2 is 1.95 bits per heavy atom. The van der Waals surface area contributed by atoms with Crippen molar-refractivity contribution >= 4 is 5.97 Å². The summed E-state index contributed by atoms with van der Waals surface area (Å²) in [5.41, 5.74) is -1.43. The molecule has 3 nitrogen and oxygen atoms in total. The van der Waals surface area contributed by atoms with Crippen molar-refractivity contribution < 1.29 is 36.2 Å². The van der Waals surface area contributed by atoms with Crippen molar-refractivity contribution in [2.45, 2.75) is 32.6 Å². The molecule has 0 N–H and O–H groups in total. The standard InChI is InChI=1S/C13H13F5O3/c1-2-20-10(19)7-6-8-4-3-5-9(13(16,17)18)11(8)21-12(14)15/h3-5,12H,2,6-7H2,1H3. The smallest absolute Gasteiger partial charge is 0.419 e. The molecule has 0 radical (unpaired) electrons. The van der Waals surface area contributed by atoms with Crippen LogP contribution in [0.1, 0.15) is 24.5 Å². The van der Waals surface area contributed by atoms with Gasteiger partial charge in [0.15, 0.2) is 0 Å². The van der Waals surface area contributed by atoms with Crippen LogP contribution < -0.4 is 4.74 Å². The Bertz CT molecular complexity index is 485. The van der Waals surface area contributed by atoms with E-state index in [1.54, 1.807) is 6.92 Å². The van der Waals surface area contributed by atoms with Gasteiger partial charge in [-0.15, -0.1) is 0 Å². The fourth-order valence-electron chi connectivity index (χ4n) is 1.70. The number of carbonyl (C=O) groups excluding carboxylic acids is 1. The topological polar surface area (TPSA) is 35.5 Å². The molecular formula is C13H13F5O3. The van der Waals surface area contributed by atoms with Gasteiger partial charge in [0.1, 0.15) is 5.75 Å². The van der Waals surface area contributed by atoms with Crippen LogP contribution in [0.15, 0.2) is 18.2 Å². The number of alkyl halides is 5. The van der Waals surface area contributed by atoms with Gasteiger partial charge in [0.2, 0.25) is 0 Å². The number of benzene rings is 1. The maximum atomic E-state index is 12.8. The van der Waals surface area contributed by atoms with E-state index in [2.05, 4.69) is 9.47 Å². The highest BCUT2D eigenvalue weighted by Crippen LogP contribution is 2.39. The Kier molecular flexibility index (Phi) is 5.92. The maximum absolute atomic E-state index is 12.8. The van der Waals surface area contributed by atoms with E-state index < -0.39 is 30.1 Å². The summed E-state index contributed by atoms with van der Waals surface area (Å²) in [7, 11) is 0. The van der Waals surface area contributed by atoms with Crippen LogP contribution in [0.2, 0.25) is 0 Å². The molecule has 1 rings (SSSR count). The number of esters is 1. The van der Waals surface area contributed by atoms with Gasteiger partial charge >= 0.3 is 18.8 Å². The van der Waals surface area contributed by atoms with E-state index in [4.69, 9.17) is 0 Å². The number of carbonyl (C=O) groups is 1. The predicted molar refractivity (Wildman–Crippen MR) is 63.0 cm³/mol. The molecule has 21 heavy (non-hydrogen) atoms. The Morgan fingerprint density at radius 1 is 1.29 bits per heavy atom. The van der Waals surface area contributed by atoms with E-state index in [1.165, 1.54) is 6.07 Å². The normalized spacial score (nSPS) is 11.6. The minimum absolute atomic E-state index is 0.127.